The zero-order chi connectivity index (χ0) is 21.0. The fourth-order valence-corrected chi connectivity index (χ4v) is 4.59. The van der Waals surface area contributed by atoms with Gasteiger partial charge in [-0.2, -0.15) is 0 Å². The molecule has 0 aliphatic carbocycles. The Balaban J connectivity index is 0.00000320. The van der Waals surface area contributed by atoms with Crippen molar-refractivity contribution >= 4 is 67.6 Å². The number of benzene rings is 2. The Morgan fingerprint density at radius 2 is 1.77 bits per heavy atom. The normalized spacial score (nSPS) is 10.7. The van der Waals surface area contributed by atoms with E-state index in [0.29, 0.717) is 28.7 Å². The Morgan fingerprint density at radius 3 is 2.40 bits per heavy atom. The largest absolute Gasteiger partial charge is 0.493 e. The maximum Gasteiger partial charge on any atom is 0.261 e. The summed E-state index contributed by atoms with van der Waals surface area (Å²) in [4.78, 5) is 22.0. The number of thiazole rings is 1. The molecular formula is C21H25ClIN3O3S. The lowest BCUT2D eigenvalue weighted by atomic mass is 10.2. The van der Waals surface area contributed by atoms with Crippen LogP contribution in [0.1, 0.15) is 16.8 Å². The fraction of sp³-hybridized carbons (Fsp3) is 0.333. The molecule has 0 unspecified atom stereocenters. The average molecular weight is 562 g/mol. The van der Waals surface area contributed by atoms with E-state index < -0.39 is 0 Å². The topological polar surface area (TPSA) is 54.9 Å². The minimum atomic E-state index is -0.0354. The van der Waals surface area contributed by atoms with Crippen LogP contribution in [0.5, 0.6) is 11.5 Å². The first-order valence-electron chi connectivity index (χ1n) is 9.18. The molecule has 0 bridgehead atoms. The number of hydrogen-bond donors (Lipinski definition) is 0. The van der Waals surface area contributed by atoms with Crippen LogP contribution in [0.15, 0.2) is 36.4 Å². The summed E-state index contributed by atoms with van der Waals surface area (Å²) in [5, 5.41) is 0.679. The first kappa shape index (κ1) is 24.6. The van der Waals surface area contributed by atoms with Crippen LogP contribution in [0.3, 0.4) is 0 Å². The second-order valence-corrected chi connectivity index (χ2v) is 8.94. The molecule has 3 rings (SSSR count). The molecule has 6 nitrogen and oxygen atoms in total. The predicted octanol–water partition coefficient (Wildman–Crippen LogP) is 4.94. The van der Waals surface area contributed by atoms with Gasteiger partial charge < -0.3 is 14.4 Å². The third kappa shape index (κ3) is 5.54. The standard InChI is InChI=1S/C21H24IN3O3S.ClH/c1-24(2)10-7-11-25(20(26)14-8-5-6-9-15(14)22)21-23-16-12-17(27-3)18(28-4)13-19(16)29-21;/h5-6,8-9,12-13H,7,10-11H2,1-4H3;1H. The molecule has 0 radical (unpaired) electrons. The van der Waals surface area contributed by atoms with Crippen molar-refractivity contribution in [3.63, 3.8) is 0 Å². The molecule has 0 N–H and O–H groups in total. The number of methoxy groups -OCH3 is 2. The molecule has 0 saturated heterocycles. The highest BCUT2D eigenvalue weighted by Crippen LogP contribution is 2.37. The van der Waals surface area contributed by atoms with Crippen LogP contribution in [0.25, 0.3) is 10.2 Å². The summed E-state index contributed by atoms with van der Waals surface area (Å²) in [6, 6.07) is 11.4. The second-order valence-electron chi connectivity index (χ2n) is 6.76. The Bertz CT molecular complexity index is 971. The zero-order valence-electron chi connectivity index (χ0n) is 17.3. The van der Waals surface area contributed by atoms with Crippen molar-refractivity contribution in [2.75, 3.05) is 46.3 Å². The molecule has 0 spiro atoms. The molecule has 3 aromatic rings. The fourth-order valence-electron chi connectivity index (χ4n) is 2.97. The highest BCUT2D eigenvalue weighted by atomic mass is 127. The monoisotopic (exact) mass is 561 g/mol. The van der Waals surface area contributed by atoms with Crippen molar-refractivity contribution < 1.29 is 14.3 Å². The predicted molar refractivity (Wildman–Crippen MR) is 134 cm³/mol. The van der Waals surface area contributed by atoms with Gasteiger partial charge in [0.25, 0.3) is 5.91 Å². The van der Waals surface area contributed by atoms with E-state index in [-0.39, 0.29) is 18.3 Å². The molecule has 0 fully saturated rings. The van der Waals surface area contributed by atoms with E-state index in [1.165, 1.54) is 11.3 Å². The lowest BCUT2D eigenvalue weighted by Gasteiger charge is -2.21. The van der Waals surface area contributed by atoms with Gasteiger partial charge in [-0.1, -0.05) is 23.5 Å². The van der Waals surface area contributed by atoms with Gasteiger partial charge in [0.2, 0.25) is 0 Å². The number of carbonyl (C=O) groups excluding carboxylic acids is 1. The number of nitrogens with zero attached hydrogens (tertiary/aromatic N) is 3. The first-order chi connectivity index (χ1) is 13.9. The van der Waals surface area contributed by atoms with Gasteiger partial charge in [0, 0.05) is 22.2 Å². The van der Waals surface area contributed by atoms with E-state index >= 15 is 0 Å². The van der Waals surface area contributed by atoms with Crippen LogP contribution >= 0.6 is 46.3 Å². The van der Waals surface area contributed by atoms with Crippen molar-refractivity contribution in [2.24, 2.45) is 0 Å². The number of fused-ring (bicyclic) bond motifs is 1. The molecular weight excluding hydrogens is 537 g/mol. The lowest BCUT2D eigenvalue weighted by Crippen LogP contribution is -2.33. The average Bonchev–Trinajstić information content (AvgIpc) is 3.12. The second kappa shape index (κ2) is 11.1. The number of anilines is 1. The summed E-state index contributed by atoms with van der Waals surface area (Å²) >= 11 is 3.69. The van der Waals surface area contributed by atoms with Gasteiger partial charge in [-0.05, 0) is 61.8 Å². The molecule has 0 aliphatic heterocycles. The van der Waals surface area contributed by atoms with Crippen molar-refractivity contribution in [1.82, 2.24) is 9.88 Å². The van der Waals surface area contributed by atoms with Gasteiger partial charge in [-0.25, -0.2) is 4.98 Å². The highest BCUT2D eigenvalue weighted by molar-refractivity contribution is 14.1. The number of halogens is 2. The van der Waals surface area contributed by atoms with Crippen LogP contribution in [-0.4, -0.2) is 57.2 Å². The maximum atomic E-state index is 13.4. The van der Waals surface area contributed by atoms with E-state index in [9.17, 15) is 4.79 Å². The number of amides is 1. The van der Waals surface area contributed by atoms with Crippen LogP contribution < -0.4 is 14.4 Å². The smallest absolute Gasteiger partial charge is 0.261 e. The molecule has 0 atom stereocenters. The molecule has 0 saturated carbocycles. The third-order valence-electron chi connectivity index (χ3n) is 4.45. The van der Waals surface area contributed by atoms with Gasteiger partial charge in [-0.3, -0.25) is 9.69 Å². The van der Waals surface area contributed by atoms with Gasteiger partial charge in [0.15, 0.2) is 16.6 Å². The van der Waals surface area contributed by atoms with Gasteiger partial charge >= 0.3 is 0 Å². The first-order valence-corrected chi connectivity index (χ1v) is 11.1. The number of hydrogen-bond acceptors (Lipinski definition) is 6. The molecule has 0 aliphatic rings. The maximum absolute atomic E-state index is 13.4. The molecule has 1 aromatic heterocycles. The van der Waals surface area contributed by atoms with Crippen molar-refractivity contribution in [3.05, 3.63) is 45.5 Å². The molecule has 2 aromatic carbocycles. The van der Waals surface area contributed by atoms with Crippen LogP contribution in [0.4, 0.5) is 5.13 Å². The van der Waals surface area contributed by atoms with Crippen molar-refractivity contribution in [2.45, 2.75) is 6.42 Å². The summed E-state index contributed by atoms with van der Waals surface area (Å²) in [6.07, 6.45) is 0.852. The Labute approximate surface area is 200 Å². The molecule has 162 valence electrons. The lowest BCUT2D eigenvalue weighted by molar-refractivity contribution is 0.0985. The number of ether oxygens (including phenoxy) is 2. The summed E-state index contributed by atoms with van der Waals surface area (Å²) in [7, 11) is 7.27. The van der Waals surface area contributed by atoms with E-state index in [2.05, 4.69) is 27.5 Å². The van der Waals surface area contributed by atoms with E-state index in [4.69, 9.17) is 14.5 Å². The number of rotatable bonds is 8. The molecule has 1 heterocycles. The van der Waals surface area contributed by atoms with E-state index in [1.807, 2.05) is 50.5 Å². The van der Waals surface area contributed by atoms with Crippen molar-refractivity contribution in [1.29, 1.82) is 0 Å². The minimum Gasteiger partial charge on any atom is -0.493 e. The van der Waals surface area contributed by atoms with Gasteiger partial charge in [0.05, 0.1) is 30.0 Å². The third-order valence-corrected chi connectivity index (χ3v) is 6.43. The van der Waals surface area contributed by atoms with E-state index in [0.717, 1.165) is 26.8 Å². The summed E-state index contributed by atoms with van der Waals surface area (Å²) in [5.41, 5.74) is 1.48. The molecule has 9 heteroatoms. The quantitative estimate of drug-likeness (QED) is 0.365. The van der Waals surface area contributed by atoms with Gasteiger partial charge in [-0.15, -0.1) is 12.4 Å². The molecule has 30 heavy (non-hydrogen) atoms. The highest BCUT2D eigenvalue weighted by Gasteiger charge is 2.23. The summed E-state index contributed by atoms with van der Waals surface area (Å²) < 4.78 is 12.7. The minimum absolute atomic E-state index is 0. The Kier molecular flexibility index (Phi) is 9.14. The molecule has 1 amide bonds. The number of aromatic nitrogens is 1. The zero-order valence-corrected chi connectivity index (χ0v) is 21.1. The van der Waals surface area contributed by atoms with Crippen LogP contribution in [0.2, 0.25) is 0 Å². The van der Waals surface area contributed by atoms with Gasteiger partial charge in [0.1, 0.15) is 0 Å². The van der Waals surface area contributed by atoms with Crippen molar-refractivity contribution in [3.8, 4) is 11.5 Å². The van der Waals surface area contributed by atoms with Crippen LogP contribution in [0, 0.1) is 3.57 Å². The number of carbonyl (C=O) groups is 1. The SMILES string of the molecule is COc1cc2nc(N(CCCN(C)C)C(=O)c3ccccc3I)sc2cc1OC.Cl. The van der Waals surface area contributed by atoms with E-state index in [1.54, 1.807) is 19.1 Å². The summed E-state index contributed by atoms with van der Waals surface area (Å²) in [6.45, 7) is 1.48. The Hall–Kier alpha value is -1.62. The summed E-state index contributed by atoms with van der Waals surface area (Å²) in [5.74, 6) is 1.24. The van der Waals surface area contributed by atoms with Crippen LogP contribution in [-0.2, 0) is 0 Å². The Morgan fingerprint density at radius 1 is 1.10 bits per heavy atom.